The molecule has 0 bridgehead atoms. The molecule has 0 heterocycles. The first-order valence-corrected chi connectivity index (χ1v) is 6.38. The summed E-state index contributed by atoms with van der Waals surface area (Å²) in [6.45, 7) is 8.38. The van der Waals surface area contributed by atoms with E-state index in [1.165, 1.54) is 0 Å². The van der Waals surface area contributed by atoms with Crippen LogP contribution >= 0.6 is 11.6 Å². The molecule has 1 amide bonds. The first-order valence-electron chi connectivity index (χ1n) is 5.85. The van der Waals surface area contributed by atoms with Crippen molar-refractivity contribution in [3.63, 3.8) is 0 Å². The minimum absolute atomic E-state index is 0.159. The summed E-state index contributed by atoms with van der Waals surface area (Å²) in [5, 5.41) is 0. The van der Waals surface area contributed by atoms with Crippen LogP contribution in [0.5, 0.6) is 0 Å². The molecule has 0 fully saturated rings. The lowest BCUT2D eigenvalue weighted by atomic mass is 9.94. The van der Waals surface area contributed by atoms with E-state index in [-0.39, 0.29) is 5.91 Å². The second-order valence-corrected chi connectivity index (χ2v) is 5.38. The lowest BCUT2D eigenvalue weighted by molar-refractivity contribution is -0.139. The van der Waals surface area contributed by atoms with Crippen molar-refractivity contribution in [3.8, 4) is 0 Å². The van der Waals surface area contributed by atoms with Crippen molar-refractivity contribution in [2.75, 3.05) is 39.6 Å². The monoisotopic (exact) mass is 248 g/mol. The molecule has 16 heavy (non-hydrogen) atoms. The fraction of sp³-hybridized carbons (Fsp3) is 0.917. The summed E-state index contributed by atoms with van der Waals surface area (Å²) in [4.78, 5) is 16.2. The van der Waals surface area contributed by atoms with E-state index in [2.05, 4.69) is 11.8 Å². The second-order valence-electron chi connectivity index (χ2n) is 5.11. The van der Waals surface area contributed by atoms with Crippen LogP contribution < -0.4 is 0 Å². The van der Waals surface area contributed by atoms with Gasteiger partial charge in [-0.25, -0.2) is 0 Å². The summed E-state index contributed by atoms with van der Waals surface area (Å²) in [5.41, 5.74) is -0.455. The van der Waals surface area contributed by atoms with E-state index in [0.29, 0.717) is 5.88 Å². The highest BCUT2D eigenvalue weighted by molar-refractivity contribution is 6.19. The number of amides is 1. The third kappa shape index (κ3) is 5.17. The minimum atomic E-state index is -0.455. The minimum Gasteiger partial charge on any atom is -0.341 e. The molecule has 0 radical (unpaired) electrons. The maximum Gasteiger partial charge on any atom is 0.229 e. The number of hydrogen-bond donors (Lipinski definition) is 0. The third-order valence-corrected chi connectivity index (χ3v) is 3.18. The van der Waals surface area contributed by atoms with Crippen LogP contribution in [0.15, 0.2) is 0 Å². The molecule has 0 saturated carbocycles. The summed E-state index contributed by atoms with van der Waals surface area (Å²) in [7, 11) is 4.03. The fourth-order valence-corrected chi connectivity index (χ4v) is 1.51. The Kier molecular flexibility index (Phi) is 7.00. The molecule has 0 aromatic heterocycles. The molecule has 0 N–H and O–H groups in total. The SMILES string of the molecule is CCCN(CCN(C)C)C(=O)C(C)(C)CCl. The van der Waals surface area contributed by atoms with Crippen LogP contribution in [0.1, 0.15) is 27.2 Å². The Labute approximate surface area is 105 Å². The van der Waals surface area contributed by atoms with E-state index in [0.717, 1.165) is 26.1 Å². The van der Waals surface area contributed by atoms with Gasteiger partial charge in [-0.05, 0) is 34.4 Å². The zero-order chi connectivity index (χ0) is 12.8. The Hall–Kier alpha value is -0.280. The molecule has 4 heteroatoms. The van der Waals surface area contributed by atoms with E-state index in [1.807, 2.05) is 32.8 Å². The smallest absolute Gasteiger partial charge is 0.229 e. The zero-order valence-corrected chi connectivity index (χ0v) is 12.0. The lowest BCUT2D eigenvalue weighted by Crippen LogP contribution is -2.45. The van der Waals surface area contributed by atoms with Crippen molar-refractivity contribution in [1.29, 1.82) is 0 Å². The van der Waals surface area contributed by atoms with Crippen molar-refractivity contribution in [3.05, 3.63) is 0 Å². The summed E-state index contributed by atoms with van der Waals surface area (Å²) in [6.07, 6.45) is 0.984. The highest BCUT2D eigenvalue weighted by atomic mass is 35.5. The van der Waals surface area contributed by atoms with Crippen LogP contribution in [-0.4, -0.2) is 55.3 Å². The van der Waals surface area contributed by atoms with Crippen LogP contribution in [0.4, 0.5) is 0 Å². The Morgan fingerprint density at radius 2 is 1.75 bits per heavy atom. The molecule has 0 aliphatic carbocycles. The number of halogens is 1. The number of alkyl halides is 1. The first-order chi connectivity index (χ1) is 7.35. The number of rotatable bonds is 7. The van der Waals surface area contributed by atoms with Gasteiger partial charge in [0.2, 0.25) is 5.91 Å². The van der Waals surface area contributed by atoms with Crippen LogP contribution in [0, 0.1) is 5.41 Å². The Balaban J connectivity index is 4.46. The second kappa shape index (κ2) is 7.13. The quantitative estimate of drug-likeness (QED) is 0.644. The molecule has 0 aromatic rings. The number of carbonyl (C=O) groups is 1. The average molecular weight is 249 g/mol. The van der Waals surface area contributed by atoms with Gasteiger partial charge in [0.05, 0.1) is 5.41 Å². The molecule has 0 rings (SSSR count). The van der Waals surface area contributed by atoms with E-state index in [1.54, 1.807) is 0 Å². The Morgan fingerprint density at radius 1 is 1.19 bits per heavy atom. The average Bonchev–Trinajstić information content (AvgIpc) is 2.22. The summed E-state index contributed by atoms with van der Waals surface area (Å²) >= 11 is 5.84. The maximum absolute atomic E-state index is 12.2. The molecular formula is C12H25ClN2O. The van der Waals surface area contributed by atoms with Crippen LogP contribution in [-0.2, 0) is 4.79 Å². The van der Waals surface area contributed by atoms with E-state index in [9.17, 15) is 4.79 Å². The van der Waals surface area contributed by atoms with Crippen molar-refractivity contribution in [1.82, 2.24) is 9.80 Å². The third-order valence-electron chi connectivity index (χ3n) is 2.51. The van der Waals surface area contributed by atoms with Gasteiger partial charge in [0.25, 0.3) is 0 Å². The van der Waals surface area contributed by atoms with E-state index < -0.39 is 5.41 Å². The molecule has 0 spiro atoms. The summed E-state index contributed by atoms with van der Waals surface area (Å²) in [5.74, 6) is 0.528. The van der Waals surface area contributed by atoms with Gasteiger partial charge >= 0.3 is 0 Å². The molecule has 3 nitrogen and oxygen atoms in total. The normalized spacial score (nSPS) is 11.9. The van der Waals surface area contributed by atoms with Crippen LogP contribution in [0.2, 0.25) is 0 Å². The highest BCUT2D eigenvalue weighted by Crippen LogP contribution is 2.20. The molecule has 96 valence electrons. The number of likely N-dealkylation sites (N-methyl/N-ethyl adjacent to an activating group) is 1. The largest absolute Gasteiger partial charge is 0.341 e. The van der Waals surface area contributed by atoms with Gasteiger partial charge in [-0.15, -0.1) is 11.6 Å². The van der Waals surface area contributed by atoms with Gasteiger partial charge < -0.3 is 9.80 Å². The number of nitrogens with zero attached hydrogens (tertiary/aromatic N) is 2. The van der Waals surface area contributed by atoms with Crippen LogP contribution in [0.3, 0.4) is 0 Å². The van der Waals surface area contributed by atoms with Gasteiger partial charge in [0.1, 0.15) is 0 Å². The molecule has 0 aromatic carbocycles. The lowest BCUT2D eigenvalue weighted by Gasteiger charge is -2.31. The standard InChI is InChI=1S/C12H25ClN2O/c1-6-7-15(9-8-14(4)5)11(16)12(2,3)10-13/h6-10H2,1-5H3. The predicted molar refractivity (Wildman–Crippen MR) is 69.9 cm³/mol. The number of carbonyl (C=O) groups excluding carboxylic acids is 1. The highest BCUT2D eigenvalue weighted by Gasteiger charge is 2.30. The Bertz CT molecular complexity index is 217. The van der Waals surface area contributed by atoms with Gasteiger partial charge in [-0.2, -0.15) is 0 Å². The van der Waals surface area contributed by atoms with Gasteiger partial charge in [-0.1, -0.05) is 6.92 Å². The van der Waals surface area contributed by atoms with Crippen LogP contribution in [0.25, 0.3) is 0 Å². The maximum atomic E-state index is 12.2. The molecule has 0 atom stereocenters. The zero-order valence-electron chi connectivity index (χ0n) is 11.2. The molecular weight excluding hydrogens is 224 g/mol. The molecule has 0 aliphatic rings. The van der Waals surface area contributed by atoms with Crippen molar-refractivity contribution >= 4 is 17.5 Å². The first kappa shape index (κ1) is 15.7. The van der Waals surface area contributed by atoms with Gasteiger partial charge in [0.15, 0.2) is 0 Å². The fourth-order valence-electron chi connectivity index (χ4n) is 1.39. The van der Waals surface area contributed by atoms with Crippen molar-refractivity contribution in [2.24, 2.45) is 5.41 Å². The van der Waals surface area contributed by atoms with E-state index >= 15 is 0 Å². The summed E-state index contributed by atoms with van der Waals surface area (Å²) < 4.78 is 0. The molecule has 0 aliphatic heterocycles. The van der Waals surface area contributed by atoms with Gasteiger partial charge in [0, 0.05) is 25.5 Å². The molecule has 0 saturated heterocycles. The summed E-state index contributed by atoms with van der Waals surface area (Å²) in [6, 6.07) is 0. The van der Waals surface area contributed by atoms with E-state index in [4.69, 9.17) is 11.6 Å². The van der Waals surface area contributed by atoms with Crippen molar-refractivity contribution in [2.45, 2.75) is 27.2 Å². The predicted octanol–water partition coefficient (Wildman–Crippen LogP) is 2.05. The van der Waals surface area contributed by atoms with Gasteiger partial charge in [-0.3, -0.25) is 4.79 Å². The topological polar surface area (TPSA) is 23.6 Å². The Morgan fingerprint density at radius 3 is 2.12 bits per heavy atom. The number of hydrogen-bond acceptors (Lipinski definition) is 2. The van der Waals surface area contributed by atoms with Crippen molar-refractivity contribution < 1.29 is 4.79 Å². The molecule has 0 unspecified atom stereocenters.